The molecule has 10 heteroatoms. The Hall–Kier alpha value is -2.53. The molecule has 2 saturated heterocycles. The zero-order valence-electron chi connectivity index (χ0n) is 23.3. The van der Waals surface area contributed by atoms with Gasteiger partial charge in [-0.3, -0.25) is 4.79 Å². The number of aromatic nitrogens is 1. The number of aryl methyl sites for hydroxylation is 1. The van der Waals surface area contributed by atoms with Gasteiger partial charge >= 0.3 is 16.3 Å². The van der Waals surface area contributed by atoms with Gasteiger partial charge in [0.05, 0.1) is 29.9 Å². The fraction of sp³-hybridized carbons (Fsp3) is 0.586. The Bertz CT molecular complexity index is 1340. The highest BCUT2D eigenvalue weighted by Crippen LogP contribution is 2.49. The molecule has 1 saturated carbocycles. The van der Waals surface area contributed by atoms with E-state index in [-0.39, 0.29) is 12.0 Å². The Morgan fingerprint density at radius 3 is 2.56 bits per heavy atom. The van der Waals surface area contributed by atoms with Gasteiger partial charge in [-0.25, -0.2) is 4.98 Å². The minimum absolute atomic E-state index is 0.217. The molecule has 1 aliphatic carbocycles. The summed E-state index contributed by atoms with van der Waals surface area (Å²) in [5.41, 5.74) is 3.54. The minimum Gasteiger partial charge on any atom is -0.478 e. The summed E-state index contributed by atoms with van der Waals surface area (Å²) in [5, 5.41) is 0. The van der Waals surface area contributed by atoms with E-state index in [0.717, 1.165) is 16.8 Å². The second-order valence-electron chi connectivity index (χ2n) is 11.5. The first-order chi connectivity index (χ1) is 18.4. The number of fused-ring (bicyclic) bond motifs is 1. The lowest BCUT2D eigenvalue weighted by Gasteiger charge is -2.31. The zero-order chi connectivity index (χ0) is 28.0. The zero-order valence-corrected chi connectivity index (χ0v) is 24.1. The molecule has 1 aromatic carbocycles. The molecular weight excluding hydrogens is 520 g/mol. The maximum Gasteiger partial charge on any atom is 0.387 e. The van der Waals surface area contributed by atoms with Crippen molar-refractivity contribution in [2.24, 2.45) is 5.92 Å². The third kappa shape index (κ3) is 5.84. The van der Waals surface area contributed by atoms with Gasteiger partial charge in [-0.05, 0) is 83.4 Å². The minimum atomic E-state index is -4.17. The van der Waals surface area contributed by atoms with E-state index in [4.69, 9.17) is 18.4 Å². The van der Waals surface area contributed by atoms with Crippen LogP contribution in [0, 0.1) is 12.8 Å². The van der Waals surface area contributed by atoms with Crippen LogP contribution in [0.25, 0.3) is 11.3 Å². The number of benzene rings is 1. The van der Waals surface area contributed by atoms with Gasteiger partial charge in [0.25, 0.3) is 0 Å². The topological polar surface area (TPSA) is 104 Å². The largest absolute Gasteiger partial charge is 0.478 e. The van der Waals surface area contributed by atoms with Crippen molar-refractivity contribution in [2.45, 2.75) is 83.7 Å². The molecule has 0 radical (unpaired) electrons. The number of rotatable bonds is 7. The standard InChI is InChI=1S/C29H38N2O7S/c1-6-35-26-9-7-8-24(30-26)23-11-10-21(16-19(23)2)20-12-14-31(15-13-20)39(33,34)37-27(32)22-17-25-29(5,18-22)38-28(3,4)36-25/h7-11,16,20,22,25H,6,12-15,17-18H2,1-5H3/t22-,25+,29-/m1/s1. The molecule has 1 aromatic heterocycles. The number of ether oxygens (including phenoxy) is 3. The molecule has 0 N–H and O–H groups in total. The van der Waals surface area contributed by atoms with Crippen molar-refractivity contribution in [3.63, 3.8) is 0 Å². The van der Waals surface area contributed by atoms with Crippen LogP contribution in [0.1, 0.15) is 70.4 Å². The summed E-state index contributed by atoms with van der Waals surface area (Å²) in [4.78, 5) is 17.4. The molecule has 212 valence electrons. The van der Waals surface area contributed by atoms with Gasteiger partial charge in [0.1, 0.15) is 0 Å². The molecule has 0 unspecified atom stereocenters. The Morgan fingerprint density at radius 1 is 1.15 bits per heavy atom. The molecule has 2 aromatic rings. The van der Waals surface area contributed by atoms with E-state index in [9.17, 15) is 13.2 Å². The van der Waals surface area contributed by atoms with E-state index < -0.39 is 33.6 Å². The lowest BCUT2D eigenvalue weighted by molar-refractivity contribution is -0.172. The summed E-state index contributed by atoms with van der Waals surface area (Å²) < 4.78 is 49.7. The maximum absolute atomic E-state index is 13.0. The molecule has 5 rings (SSSR count). The van der Waals surface area contributed by atoms with Crippen molar-refractivity contribution in [3.8, 4) is 17.1 Å². The van der Waals surface area contributed by atoms with Crippen LogP contribution in [-0.2, 0) is 28.8 Å². The number of hydrogen-bond acceptors (Lipinski definition) is 8. The molecule has 3 heterocycles. The Morgan fingerprint density at radius 2 is 1.90 bits per heavy atom. The van der Waals surface area contributed by atoms with Crippen LogP contribution < -0.4 is 4.74 Å². The first-order valence-electron chi connectivity index (χ1n) is 13.7. The van der Waals surface area contributed by atoms with E-state index >= 15 is 0 Å². The number of carbonyl (C=O) groups is 1. The maximum atomic E-state index is 13.0. The molecule has 3 aliphatic rings. The van der Waals surface area contributed by atoms with Gasteiger partial charge in [-0.15, -0.1) is 0 Å². The summed E-state index contributed by atoms with van der Waals surface area (Å²) in [7, 11) is -4.17. The third-order valence-electron chi connectivity index (χ3n) is 8.04. The summed E-state index contributed by atoms with van der Waals surface area (Å²) >= 11 is 0. The van der Waals surface area contributed by atoms with Crippen molar-refractivity contribution < 1.29 is 31.6 Å². The molecule has 39 heavy (non-hydrogen) atoms. The lowest BCUT2D eigenvalue weighted by Crippen LogP contribution is -2.40. The van der Waals surface area contributed by atoms with Crippen LogP contribution in [0.2, 0.25) is 0 Å². The number of pyridine rings is 1. The van der Waals surface area contributed by atoms with E-state index in [1.54, 1.807) is 0 Å². The molecule has 0 amide bonds. The van der Waals surface area contributed by atoms with Gasteiger partial charge < -0.3 is 18.4 Å². The van der Waals surface area contributed by atoms with E-state index in [0.29, 0.717) is 51.3 Å². The number of piperidine rings is 1. The van der Waals surface area contributed by atoms with Gasteiger partial charge in [0.15, 0.2) is 5.79 Å². The van der Waals surface area contributed by atoms with Crippen LogP contribution in [0.5, 0.6) is 5.88 Å². The molecule has 3 fully saturated rings. The monoisotopic (exact) mass is 558 g/mol. The van der Waals surface area contributed by atoms with Crippen molar-refractivity contribution in [1.82, 2.24) is 9.29 Å². The Balaban J connectivity index is 1.18. The van der Waals surface area contributed by atoms with Gasteiger partial charge in [0.2, 0.25) is 5.88 Å². The molecule has 9 nitrogen and oxygen atoms in total. The second-order valence-corrected chi connectivity index (χ2v) is 13.0. The third-order valence-corrected chi connectivity index (χ3v) is 9.41. The fourth-order valence-electron chi connectivity index (χ4n) is 6.26. The van der Waals surface area contributed by atoms with E-state index in [1.165, 1.54) is 9.87 Å². The van der Waals surface area contributed by atoms with Crippen molar-refractivity contribution in [1.29, 1.82) is 0 Å². The van der Waals surface area contributed by atoms with Gasteiger partial charge in [0, 0.05) is 24.7 Å². The predicted molar refractivity (Wildman–Crippen MR) is 145 cm³/mol. The summed E-state index contributed by atoms with van der Waals surface area (Å²) in [5.74, 6) is -1.20. The normalized spacial score (nSPS) is 27.3. The van der Waals surface area contributed by atoms with Crippen LogP contribution in [0.4, 0.5) is 0 Å². The predicted octanol–water partition coefficient (Wildman–Crippen LogP) is 4.74. The Kier molecular flexibility index (Phi) is 7.52. The first-order valence-corrected chi connectivity index (χ1v) is 15.1. The molecular formula is C29H38N2O7S. The van der Waals surface area contributed by atoms with Crippen molar-refractivity contribution >= 4 is 16.3 Å². The summed E-state index contributed by atoms with van der Waals surface area (Å²) in [6.07, 6.45) is 1.79. The van der Waals surface area contributed by atoms with E-state index in [1.807, 2.05) is 45.9 Å². The smallest absolute Gasteiger partial charge is 0.387 e. The number of nitrogens with zero attached hydrogens (tertiary/aromatic N) is 2. The number of carbonyl (C=O) groups excluding carboxylic acids is 1. The molecule has 0 bridgehead atoms. The average Bonchev–Trinajstić information content (AvgIpc) is 3.30. The summed E-state index contributed by atoms with van der Waals surface area (Å²) in [6.45, 7) is 10.7. The highest BCUT2D eigenvalue weighted by molar-refractivity contribution is 7.84. The number of hydrogen-bond donors (Lipinski definition) is 0. The van der Waals surface area contributed by atoms with Crippen LogP contribution >= 0.6 is 0 Å². The van der Waals surface area contributed by atoms with E-state index in [2.05, 4.69) is 30.1 Å². The quantitative estimate of drug-likeness (QED) is 0.480. The van der Waals surface area contributed by atoms with Gasteiger partial charge in [-0.2, -0.15) is 12.7 Å². The molecule has 3 atom stereocenters. The SMILES string of the molecule is CCOc1cccc(-c2ccc(C3CCN(S(=O)(=O)OC(=O)[C@@H]4C[C@@H]5OC(C)(C)O[C@]5(C)C4)CC3)cc2C)n1. The lowest BCUT2D eigenvalue weighted by atomic mass is 9.88. The van der Waals surface area contributed by atoms with Crippen LogP contribution in [0.15, 0.2) is 36.4 Å². The van der Waals surface area contributed by atoms with Crippen molar-refractivity contribution in [2.75, 3.05) is 19.7 Å². The highest BCUT2D eigenvalue weighted by atomic mass is 32.2. The van der Waals surface area contributed by atoms with Crippen LogP contribution in [0.3, 0.4) is 0 Å². The van der Waals surface area contributed by atoms with Crippen molar-refractivity contribution in [3.05, 3.63) is 47.5 Å². The highest BCUT2D eigenvalue weighted by Gasteiger charge is 2.57. The molecule has 2 aliphatic heterocycles. The Labute approximate surface area is 231 Å². The fourth-order valence-corrected chi connectivity index (χ4v) is 7.37. The molecule has 0 spiro atoms. The first kappa shape index (κ1) is 28.0. The van der Waals surface area contributed by atoms with Crippen LogP contribution in [-0.4, -0.2) is 60.9 Å². The average molecular weight is 559 g/mol. The van der Waals surface area contributed by atoms with Gasteiger partial charge in [-0.1, -0.05) is 24.3 Å². The summed E-state index contributed by atoms with van der Waals surface area (Å²) in [6, 6.07) is 12.1. The second kappa shape index (κ2) is 10.5.